The Morgan fingerprint density at radius 2 is 2.00 bits per heavy atom. The lowest BCUT2D eigenvalue weighted by Gasteiger charge is -2.13. The van der Waals surface area contributed by atoms with E-state index >= 15 is 0 Å². The van der Waals surface area contributed by atoms with Gasteiger partial charge in [-0.3, -0.25) is 0 Å². The fraction of sp³-hybridized carbons (Fsp3) is 0.350. The second kappa shape index (κ2) is 6.86. The number of halogens is 1. The predicted octanol–water partition coefficient (Wildman–Crippen LogP) is 5.39. The molecule has 0 bridgehead atoms. The molecule has 2 heterocycles. The normalized spacial score (nSPS) is 11.4. The van der Waals surface area contributed by atoms with Gasteiger partial charge in [-0.2, -0.15) is 0 Å². The Labute approximate surface area is 148 Å². The van der Waals surface area contributed by atoms with Crippen molar-refractivity contribution in [3.63, 3.8) is 0 Å². The van der Waals surface area contributed by atoms with Gasteiger partial charge in [-0.25, -0.2) is 4.98 Å². The van der Waals surface area contributed by atoms with Crippen LogP contribution in [0.1, 0.15) is 30.7 Å². The summed E-state index contributed by atoms with van der Waals surface area (Å²) in [5, 5.41) is 1.95. The zero-order valence-electron chi connectivity index (χ0n) is 14.6. The first-order valence-electron chi connectivity index (χ1n) is 8.29. The maximum Gasteiger partial charge on any atom is 0.238 e. The topological polar surface area (TPSA) is 27.1 Å². The molecule has 4 heteroatoms. The molecule has 24 heavy (non-hydrogen) atoms. The number of pyridine rings is 1. The number of fused-ring (bicyclic) bond motifs is 1. The van der Waals surface area contributed by atoms with E-state index in [0.717, 1.165) is 17.1 Å². The Morgan fingerprint density at radius 3 is 2.71 bits per heavy atom. The third-order valence-electron chi connectivity index (χ3n) is 4.30. The number of rotatable bonds is 5. The Bertz CT molecular complexity index is 867. The van der Waals surface area contributed by atoms with Crippen LogP contribution in [0.15, 0.2) is 36.5 Å². The van der Waals surface area contributed by atoms with Crippen LogP contribution in [0.5, 0.6) is 5.88 Å². The van der Waals surface area contributed by atoms with E-state index in [1.165, 1.54) is 22.2 Å². The minimum Gasteiger partial charge on any atom is -0.476 e. The smallest absolute Gasteiger partial charge is 0.238 e. The summed E-state index contributed by atoms with van der Waals surface area (Å²) in [6.45, 7) is 9.99. The number of benzene rings is 1. The number of ether oxygens (including phenoxy) is 1. The van der Waals surface area contributed by atoms with Gasteiger partial charge in [0.15, 0.2) is 0 Å². The minimum atomic E-state index is 0.459. The molecule has 0 aliphatic rings. The fourth-order valence-corrected chi connectivity index (χ4v) is 3.14. The van der Waals surface area contributed by atoms with E-state index in [1.807, 2.05) is 24.4 Å². The highest BCUT2D eigenvalue weighted by Gasteiger charge is 2.16. The lowest BCUT2D eigenvalue weighted by molar-refractivity contribution is 0.263. The van der Waals surface area contributed by atoms with E-state index in [4.69, 9.17) is 16.3 Å². The zero-order chi connectivity index (χ0) is 17.3. The summed E-state index contributed by atoms with van der Waals surface area (Å²) in [6.07, 6.45) is 1.83. The van der Waals surface area contributed by atoms with Crippen LogP contribution >= 0.6 is 11.6 Å². The zero-order valence-corrected chi connectivity index (χ0v) is 15.4. The van der Waals surface area contributed by atoms with E-state index in [9.17, 15) is 0 Å². The maximum absolute atomic E-state index is 6.14. The van der Waals surface area contributed by atoms with E-state index in [1.54, 1.807) is 0 Å². The first-order valence-corrected chi connectivity index (χ1v) is 8.66. The summed E-state index contributed by atoms with van der Waals surface area (Å²) in [6, 6.07) is 10.1. The van der Waals surface area contributed by atoms with Crippen molar-refractivity contribution < 1.29 is 4.74 Å². The number of aryl methyl sites for hydroxylation is 1. The highest BCUT2D eigenvalue weighted by atomic mass is 35.5. The molecule has 3 nitrogen and oxygen atoms in total. The number of hydrogen-bond donors (Lipinski definition) is 0. The molecule has 0 radical (unpaired) electrons. The SMILES string of the molecule is Cc1c(C)n(Cc2cccc(Cl)c2)c2c(OCC(C)C)nccc12. The molecule has 0 amide bonds. The highest BCUT2D eigenvalue weighted by molar-refractivity contribution is 6.30. The molecule has 0 atom stereocenters. The number of aromatic nitrogens is 2. The van der Waals surface area contributed by atoms with E-state index in [-0.39, 0.29) is 0 Å². The Balaban J connectivity index is 2.10. The number of hydrogen-bond acceptors (Lipinski definition) is 2. The van der Waals surface area contributed by atoms with Crippen molar-refractivity contribution in [2.45, 2.75) is 34.2 Å². The van der Waals surface area contributed by atoms with Crippen molar-refractivity contribution in [3.8, 4) is 5.88 Å². The highest BCUT2D eigenvalue weighted by Crippen LogP contribution is 2.32. The average Bonchev–Trinajstić information content (AvgIpc) is 2.79. The quantitative estimate of drug-likeness (QED) is 0.621. The van der Waals surface area contributed by atoms with Crippen LogP contribution in [-0.4, -0.2) is 16.2 Å². The van der Waals surface area contributed by atoms with Gasteiger partial charge in [0.1, 0.15) is 5.52 Å². The lowest BCUT2D eigenvalue weighted by atomic mass is 10.2. The average molecular weight is 343 g/mol. The summed E-state index contributed by atoms with van der Waals surface area (Å²) < 4.78 is 8.27. The minimum absolute atomic E-state index is 0.459. The van der Waals surface area contributed by atoms with Crippen molar-refractivity contribution in [1.29, 1.82) is 0 Å². The molecule has 0 saturated carbocycles. The van der Waals surface area contributed by atoms with E-state index < -0.39 is 0 Å². The first-order chi connectivity index (χ1) is 11.5. The van der Waals surface area contributed by atoms with Gasteiger partial charge in [-0.15, -0.1) is 0 Å². The van der Waals surface area contributed by atoms with E-state index in [0.29, 0.717) is 18.4 Å². The summed E-state index contributed by atoms with van der Waals surface area (Å²) in [5.74, 6) is 1.17. The molecule has 3 aromatic rings. The van der Waals surface area contributed by atoms with Crippen molar-refractivity contribution in [3.05, 3.63) is 58.4 Å². The van der Waals surface area contributed by atoms with Gasteiger partial charge >= 0.3 is 0 Å². The van der Waals surface area contributed by atoms with Crippen LogP contribution in [0.4, 0.5) is 0 Å². The maximum atomic E-state index is 6.14. The van der Waals surface area contributed by atoms with Crippen molar-refractivity contribution in [1.82, 2.24) is 9.55 Å². The molecule has 3 rings (SSSR count). The van der Waals surface area contributed by atoms with Crippen LogP contribution in [-0.2, 0) is 6.54 Å². The second-order valence-electron chi connectivity index (χ2n) is 6.64. The fourth-order valence-electron chi connectivity index (χ4n) is 2.93. The third-order valence-corrected chi connectivity index (χ3v) is 4.53. The first kappa shape index (κ1) is 16.8. The van der Waals surface area contributed by atoms with Gasteiger partial charge in [0.05, 0.1) is 6.61 Å². The summed E-state index contributed by atoms with van der Waals surface area (Å²) in [4.78, 5) is 4.48. The monoisotopic (exact) mass is 342 g/mol. The van der Waals surface area contributed by atoms with Gasteiger partial charge in [0.25, 0.3) is 0 Å². The Morgan fingerprint density at radius 1 is 1.21 bits per heavy atom. The Kier molecular flexibility index (Phi) is 4.81. The molecule has 1 aromatic carbocycles. The van der Waals surface area contributed by atoms with Crippen LogP contribution in [0.2, 0.25) is 5.02 Å². The molecule has 0 unspecified atom stereocenters. The molecule has 126 valence electrons. The van der Waals surface area contributed by atoms with Crippen molar-refractivity contribution in [2.24, 2.45) is 5.92 Å². The van der Waals surface area contributed by atoms with Gasteiger partial charge < -0.3 is 9.30 Å². The van der Waals surface area contributed by atoms with Crippen LogP contribution < -0.4 is 4.74 Å². The molecule has 0 fully saturated rings. The van der Waals surface area contributed by atoms with Gasteiger partial charge in [-0.1, -0.05) is 37.6 Å². The largest absolute Gasteiger partial charge is 0.476 e. The van der Waals surface area contributed by atoms with Crippen molar-refractivity contribution in [2.75, 3.05) is 6.61 Å². The number of nitrogens with zero attached hydrogens (tertiary/aromatic N) is 2. The lowest BCUT2D eigenvalue weighted by Crippen LogP contribution is -2.08. The molecular weight excluding hydrogens is 320 g/mol. The van der Waals surface area contributed by atoms with Crippen LogP contribution in [0.3, 0.4) is 0 Å². The summed E-state index contributed by atoms with van der Waals surface area (Å²) >= 11 is 6.14. The summed E-state index contributed by atoms with van der Waals surface area (Å²) in [7, 11) is 0. The molecular formula is C20H23ClN2O. The molecule has 0 aliphatic heterocycles. The molecule has 0 spiro atoms. The molecule has 0 aliphatic carbocycles. The van der Waals surface area contributed by atoms with Crippen molar-refractivity contribution >= 4 is 22.5 Å². The molecule has 2 aromatic heterocycles. The Hall–Kier alpha value is -2.00. The van der Waals surface area contributed by atoms with E-state index in [2.05, 4.69) is 49.4 Å². The standard InChI is InChI=1S/C20H23ClN2O/c1-13(2)12-24-20-19-18(8-9-22-20)14(3)15(4)23(19)11-16-6-5-7-17(21)10-16/h5-10,13H,11-12H2,1-4H3. The summed E-state index contributed by atoms with van der Waals surface area (Å²) in [5.41, 5.74) is 4.73. The van der Waals surface area contributed by atoms with Gasteiger partial charge in [0, 0.05) is 28.8 Å². The molecule has 0 N–H and O–H groups in total. The predicted molar refractivity (Wildman–Crippen MR) is 100 cm³/mol. The van der Waals surface area contributed by atoms with Crippen LogP contribution in [0.25, 0.3) is 10.9 Å². The van der Waals surface area contributed by atoms with Gasteiger partial charge in [-0.05, 0) is 49.1 Å². The second-order valence-corrected chi connectivity index (χ2v) is 7.08. The van der Waals surface area contributed by atoms with Crippen LogP contribution in [0, 0.1) is 19.8 Å². The molecule has 0 saturated heterocycles. The van der Waals surface area contributed by atoms with Gasteiger partial charge in [0.2, 0.25) is 5.88 Å². The third kappa shape index (κ3) is 3.27.